The summed E-state index contributed by atoms with van der Waals surface area (Å²) in [7, 11) is 0. The lowest BCUT2D eigenvalue weighted by atomic mass is 10.3. The molecule has 1 saturated heterocycles. The first-order valence-electron chi connectivity index (χ1n) is 5.16. The van der Waals surface area contributed by atoms with Gasteiger partial charge in [0.25, 0.3) is 0 Å². The van der Waals surface area contributed by atoms with Crippen LogP contribution in [0.25, 0.3) is 0 Å². The van der Waals surface area contributed by atoms with Crippen LogP contribution in [0.1, 0.15) is 0 Å². The van der Waals surface area contributed by atoms with Crippen molar-refractivity contribution in [1.82, 2.24) is 14.9 Å². The summed E-state index contributed by atoms with van der Waals surface area (Å²) in [6.45, 7) is 2.95. The number of anilines is 1. The molecule has 5 nitrogen and oxygen atoms in total. The van der Waals surface area contributed by atoms with E-state index in [9.17, 15) is 4.79 Å². The molecule has 0 aromatic carbocycles. The van der Waals surface area contributed by atoms with Crippen molar-refractivity contribution in [3.63, 3.8) is 0 Å². The molecule has 1 amide bonds. The van der Waals surface area contributed by atoms with Gasteiger partial charge in [-0.3, -0.25) is 9.78 Å². The highest BCUT2D eigenvalue weighted by atomic mass is 35.5. The van der Waals surface area contributed by atoms with Crippen molar-refractivity contribution in [1.29, 1.82) is 0 Å². The molecule has 0 N–H and O–H groups in total. The van der Waals surface area contributed by atoms with E-state index in [1.54, 1.807) is 23.5 Å². The number of amides is 1. The Balaban J connectivity index is 1.93. The number of aromatic nitrogens is 2. The monoisotopic (exact) mass is 240 g/mol. The normalized spacial score (nSPS) is 16.3. The molecule has 1 aromatic heterocycles. The number of piperazine rings is 1. The lowest BCUT2D eigenvalue weighted by molar-refractivity contribution is -0.128. The molecular formula is C10H13ClN4O. The second-order valence-corrected chi connectivity index (χ2v) is 3.83. The summed E-state index contributed by atoms with van der Waals surface area (Å²) in [6.07, 6.45) is 5.06. The van der Waals surface area contributed by atoms with E-state index in [2.05, 4.69) is 14.9 Å². The molecule has 0 bridgehead atoms. The van der Waals surface area contributed by atoms with Crippen molar-refractivity contribution in [2.24, 2.45) is 0 Å². The van der Waals surface area contributed by atoms with Crippen molar-refractivity contribution in [2.45, 2.75) is 0 Å². The molecule has 1 aliphatic heterocycles. The fraction of sp³-hybridized carbons (Fsp3) is 0.500. The molecular weight excluding hydrogens is 228 g/mol. The molecule has 1 fully saturated rings. The van der Waals surface area contributed by atoms with Crippen LogP contribution >= 0.6 is 11.6 Å². The Kier molecular flexibility index (Phi) is 3.56. The minimum Gasteiger partial charge on any atom is -0.352 e. The van der Waals surface area contributed by atoms with Crippen molar-refractivity contribution in [3.05, 3.63) is 18.6 Å². The molecule has 0 unspecified atom stereocenters. The van der Waals surface area contributed by atoms with Gasteiger partial charge in [-0.1, -0.05) is 0 Å². The van der Waals surface area contributed by atoms with Gasteiger partial charge in [-0.25, -0.2) is 4.98 Å². The number of alkyl halides is 1. The maximum absolute atomic E-state index is 11.4. The molecule has 1 aromatic rings. The van der Waals surface area contributed by atoms with E-state index in [-0.39, 0.29) is 11.8 Å². The summed E-state index contributed by atoms with van der Waals surface area (Å²) in [6, 6.07) is 0. The number of halogens is 1. The number of hydrogen-bond donors (Lipinski definition) is 0. The molecule has 0 saturated carbocycles. The fourth-order valence-electron chi connectivity index (χ4n) is 1.72. The summed E-state index contributed by atoms with van der Waals surface area (Å²) >= 11 is 5.51. The van der Waals surface area contributed by atoms with Crippen LogP contribution in [0.4, 0.5) is 5.82 Å². The minimum atomic E-state index is 0.000428. The molecule has 6 heteroatoms. The fourth-order valence-corrected chi connectivity index (χ4v) is 1.89. The van der Waals surface area contributed by atoms with Gasteiger partial charge in [-0.2, -0.15) is 0 Å². The molecule has 0 aliphatic carbocycles. The first-order chi connectivity index (χ1) is 7.81. The molecule has 0 atom stereocenters. The number of nitrogens with zero attached hydrogens (tertiary/aromatic N) is 4. The molecule has 2 heterocycles. The van der Waals surface area contributed by atoms with E-state index in [0.29, 0.717) is 13.1 Å². The zero-order valence-electron chi connectivity index (χ0n) is 8.84. The van der Waals surface area contributed by atoms with Crippen LogP contribution in [0.2, 0.25) is 0 Å². The largest absolute Gasteiger partial charge is 0.352 e. The number of carbonyl (C=O) groups excluding carboxylic acids is 1. The molecule has 16 heavy (non-hydrogen) atoms. The van der Waals surface area contributed by atoms with Gasteiger partial charge in [0.1, 0.15) is 11.7 Å². The van der Waals surface area contributed by atoms with Crippen LogP contribution in [0.5, 0.6) is 0 Å². The summed E-state index contributed by atoms with van der Waals surface area (Å²) < 4.78 is 0. The van der Waals surface area contributed by atoms with Crippen LogP contribution in [0.15, 0.2) is 18.6 Å². The van der Waals surface area contributed by atoms with Crippen LogP contribution in [-0.2, 0) is 4.79 Å². The van der Waals surface area contributed by atoms with Gasteiger partial charge in [0, 0.05) is 38.6 Å². The lowest BCUT2D eigenvalue weighted by Crippen LogP contribution is -2.49. The third-order valence-corrected chi connectivity index (χ3v) is 2.85. The van der Waals surface area contributed by atoms with Crippen molar-refractivity contribution >= 4 is 23.3 Å². The first-order valence-corrected chi connectivity index (χ1v) is 5.69. The SMILES string of the molecule is O=C(CCl)N1CCN(c2cnccn2)CC1. The van der Waals surface area contributed by atoms with Crippen LogP contribution < -0.4 is 4.90 Å². The molecule has 2 rings (SSSR count). The standard InChI is InChI=1S/C10H13ClN4O/c11-7-10(16)15-5-3-14(4-6-15)9-8-12-1-2-13-9/h1-2,8H,3-7H2. The highest BCUT2D eigenvalue weighted by molar-refractivity contribution is 6.27. The third kappa shape index (κ3) is 2.41. The van der Waals surface area contributed by atoms with Gasteiger partial charge >= 0.3 is 0 Å². The smallest absolute Gasteiger partial charge is 0.237 e. The Morgan fingerprint density at radius 3 is 2.62 bits per heavy atom. The second kappa shape index (κ2) is 5.12. The zero-order chi connectivity index (χ0) is 11.4. The van der Waals surface area contributed by atoms with E-state index in [1.165, 1.54) is 0 Å². The van der Waals surface area contributed by atoms with E-state index >= 15 is 0 Å². The highest BCUT2D eigenvalue weighted by Gasteiger charge is 2.20. The average Bonchev–Trinajstić information content (AvgIpc) is 2.39. The van der Waals surface area contributed by atoms with E-state index < -0.39 is 0 Å². The Morgan fingerprint density at radius 2 is 2.06 bits per heavy atom. The predicted molar refractivity (Wildman–Crippen MR) is 61.5 cm³/mol. The van der Waals surface area contributed by atoms with Gasteiger partial charge in [0.2, 0.25) is 5.91 Å². The summed E-state index contributed by atoms with van der Waals surface area (Å²) in [4.78, 5) is 23.5. The quantitative estimate of drug-likeness (QED) is 0.701. The molecule has 0 radical (unpaired) electrons. The number of carbonyl (C=O) groups is 1. The molecule has 1 aliphatic rings. The summed E-state index contributed by atoms with van der Waals surface area (Å²) in [5.74, 6) is 0.923. The maximum atomic E-state index is 11.4. The molecule has 86 valence electrons. The number of rotatable bonds is 2. The van der Waals surface area contributed by atoms with Gasteiger partial charge in [0.15, 0.2) is 0 Å². The van der Waals surface area contributed by atoms with Crippen molar-refractivity contribution < 1.29 is 4.79 Å². The third-order valence-electron chi connectivity index (χ3n) is 2.62. The van der Waals surface area contributed by atoms with E-state index in [0.717, 1.165) is 18.9 Å². The maximum Gasteiger partial charge on any atom is 0.237 e. The molecule has 0 spiro atoms. The Hall–Kier alpha value is -1.36. The van der Waals surface area contributed by atoms with Gasteiger partial charge < -0.3 is 9.80 Å². The summed E-state index contributed by atoms with van der Waals surface area (Å²) in [5.41, 5.74) is 0. The Labute approximate surface area is 99.0 Å². The minimum absolute atomic E-state index is 0.000428. The van der Waals surface area contributed by atoms with E-state index in [1.807, 2.05) is 0 Å². The van der Waals surface area contributed by atoms with Crippen LogP contribution in [0.3, 0.4) is 0 Å². The van der Waals surface area contributed by atoms with Crippen molar-refractivity contribution in [2.75, 3.05) is 37.0 Å². The second-order valence-electron chi connectivity index (χ2n) is 3.57. The average molecular weight is 241 g/mol. The van der Waals surface area contributed by atoms with Crippen molar-refractivity contribution in [3.8, 4) is 0 Å². The zero-order valence-corrected chi connectivity index (χ0v) is 9.60. The van der Waals surface area contributed by atoms with Gasteiger partial charge in [-0.15, -0.1) is 11.6 Å². The predicted octanol–water partition coefficient (Wildman–Crippen LogP) is 0.364. The first kappa shape index (κ1) is 11.1. The van der Waals surface area contributed by atoms with Gasteiger partial charge in [-0.05, 0) is 0 Å². The van der Waals surface area contributed by atoms with E-state index in [4.69, 9.17) is 11.6 Å². The Morgan fingerprint density at radius 1 is 1.31 bits per heavy atom. The van der Waals surface area contributed by atoms with Crippen LogP contribution in [-0.4, -0.2) is 52.8 Å². The lowest BCUT2D eigenvalue weighted by Gasteiger charge is -2.34. The Bertz CT molecular complexity index is 351. The summed E-state index contributed by atoms with van der Waals surface area (Å²) in [5, 5.41) is 0. The van der Waals surface area contributed by atoms with Crippen LogP contribution in [0, 0.1) is 0 Å². The number of hydrogen-bond acceptors (Lipinski definition) is 4. The topological polar surface area (TPSA) is 49.3 Å². The van der Waals surface area contributed by atoms with Gasteiger partial charge in [0.05, 0.1) is 6.20 Å². The highest BCUT2D eigenvalue weighted by Crippen LogP contribution is 2.11.